The average molecular weight is 519 g/mol. The highest BCUT2D eigenvalue weighted by Gasteiger charge is 2.30. The molecule has 2 amide bonds. The SMILES string of the molecule is CCN1C(=O)N[C@@H](CCC(F)(F)F)CCCCCOc2nc(cn3ccnc23)-c2cc(cc(C)n2)[C@H]1C. The van der Waals surface area contributed by atoms with Crippen LogP contribution in [0.15, 0.2) is 30.7 Å². The third-order valence-electron chi connectivity index (χ3n) is 6.67. The highest BCUT2D eigenvalue weighted by Crippen LogP contribution is 2.29. The molecule has 0 unspecified atom stereocenters. The number of alkyl halides is 3. The van der Waals surface area contributed by atoms with E-state index < -0.39 is 18.6 Å². The zero-order chi connectivity index (χ0) is 26.6. The lowest BCUT2D eigenvalue weighted by molar-refractivity contribution is -0.136. The van der Waals surface area contributed by atoms with E-state index in [0.29, 0.717) is 55.3 Å². The van der Waals surface area contributed by atoms with Crippen LogP contribution in [0, 0.1) is 6.92 Å². The lowest BCUT2D eigenvalue weighted by Gasteiger charge is -2.31. The summed E-state index contributed by atoms with van der Waals surface area (Å²) in [6, 6.07) is 2.53. The molecule has 1 aliphatic rings. The zero-order valence-electron chi connectivity index (χ0n) is 21.4. The molecule has 0 aliphatic carbocycles. The van der Waals surface area contributed by atoms with E-state index in [1.54, 1.807) is 11.1 Å². The van der Waals surface area contributed by atoms with E-state index in [1.807, 2.05) is 49.7 Å². The quantitative estimate of drug-likeness (QED) is 0.470. The number of urea groups is 1. The number of carbonyl (C=O) groups is 1. The molecular formula is C26H33F3N6O2. The van der Waals surface area contributed by atoms with Gasteiger partial charge in [0.15, 0.2) is 0 Å². The van der Waals surface area contributed by atoms with Crippen molar-refractivity contribution < 1.29 is 22.7 Å². The summed E-state index contributed by atoms with van der Waals surface area (Å²) in [5, 5.41) is 2.88. The molecule has 11 heteroatoms. The van der Waals surface area contributed by atoms with Crippen LogP contribution in [0.2, 0.25) is 0 Å². The number of fused-ring (bicyclic) bond motifs is 7. The smallest absolute Gasteiger partial charge is 0.389 e. The second-order valence-electron chi connectivity index (χ2n) is 9.48. The van der Waals surface area contributed by atoms with Crippen molar-refractivity contribution in [1.82, 2.24) is 29.6 Å². The number of imidazole rings is 1. The van der Waals surface area contributed by atoms with Gasteiger partial charge in [0.2, 0.25) is 5.65 Å². The van der Waals surface area contributed by atoms with Crippen LogP contribution in [0.25, 0.3) is 17.0 Å². The van der Waals surface area contributed by atoms with Crippen LogP contribution in [0.1, 0.15) is 69.7 Å². The molecule has 2 atom stereocenters. The number of halogens is 3. The van der Waals surface area contributed by atoms with Gasteiger partial charge >= 0.3 is 12.2 Å². The minimum absolute atomic E-state index is 0.149. The molecule has 1 aliphatic heterocycles. The number of amides is 2. The Hall–Kier alpha value is -3.37. The first kappa shape index (κ1) is 26.7. The summed E-state index contributed by atoms with van der Waals surface area (Å²) in [7, 11) is 0. The molecule has 4 heterocycles. The first-order valence-electron chi connectivity index (χ1n) is 12.7. The molecule has 4 bridgehead atoms. The summed E-state index contributed by atoms with van der Waals surface area (Å²) >= 11 is 0. The van der Waals surface area contributed by atoms with Crippen molar-refractivity contribution in [2.45, 2.75) is 77.6 Å². The number of hydrogen-bond donors (Lipinski definition) is 1. The van der Waals surface area contributed by atoms with Crippen molar-refractivity contribution in [2.75, 3.05) is 13.2 Å². The second kappa shape index (κ2) is 11.4. The minimum Gasteiger partial charge on any atom is -0.475 e. The number of pyridine rings is 1. The van der Waals surface area contributed by atoms with Crippen molar-refractivity contribution in [3.8, 4) is 17.3 Å². The van der Waals surface area contributed by atoms with Gasteiger partial charge in [0, 0.05) is 43.3 Å². The van der Waals surface area contributed by atoms with Crippen LogP contribution in [0.5, 0.6) is 5.88 Å². The Morgan fingerprint density at radius 2 is 1.97 bits per heavy atom. The molecule has 1 N–H and O–H groups in total. The molecule has 37 heavy (non-hydrogen) atoms. The molecular weight excluding hydrogens is 485 g/mol. The number of hydrogen-bond acceptors (Lipinski definition) is 5. The van der Waals surface area contributed by atoms with E-state index in [2.05, 4.69) is 15.3 Å². The fourth-order valence-electron chi connectivity index (χ4n) is 4.69. The van der Waals surface area contributed by atoms with E-state index >= 15 is 0 Å². The van der Waals surface area contributed by atoms with Gasteiger partial charge in [-0.3, -0.25) is 4.98 Å². The molecule has 0 aromatic carbocycles. The molecule has 0 spiro atoms. The minimum atomic E-state index is -4.27. The Morgan fingerprint density at radius 3 is 2.73 bits per heavy atom. The summed E-state index contributed by atoms with van der Waals surface area (Å²) in [6.45, 7) is 6.43. The molecule has 0 saturated heterocycles. The van der Waals surface area contributed by atoms with Crippen LogP contribution in [-0.2, 0) is 0 Å². The van der Waals surface area contributed by atoms with Crippen molar-refractivity contribution >= 4 is 11.7 Å². The maximum Gasteiger partial charge on any atom is 0.389 e. The van der Waals surface area contributed by atoms with Crippen molar-refractivity contribution in [1.29, 1.82) is 0 Å². The molecule has 3 aromatic heterocycles. The maximum atomic E-state index is 13.3. The number of nitrogens with zero attached hydrogens (tertiary/aromatic N) is 5. The molecule has 3 aromatic rings. The molecule has 200 valence electrons. The van der Waals surface area contributed by atoms with Gasteiger partial charge in [-0.2, -0.15) is 13.2 Å². The Bertz CT molecular complexity index is 1230. The van der Waals surface area contributed by atoms with E-state index in [4.69, 9.17) is 9.72 Å². The van der Waals surface area contributed by atoms with Crippen LogP contribution < -0.4 is 10.1 Å². The lowest BCUT2D eigenvalue weighted by Crippen LogP contribution is -2.46. The molecule has 0 radical (unpaired) electrons. The third kappa shape index (κ3) is 6.69. The van der Waals surface area contributed by atoms with Crippen LogP contribution in [0.4, 0.5) is 18.0 Å². The Kier molecular flexibility index (Phi) is 8.19. The van der Waals surface area contributed by atoms with Crippen molar-refractivity contribution in [2.24, 2.45) is 0 Å². The topological polar surface area (TPSA) is 84.7 Å². The lowest BCUT2D eigenvalue weighted by atomic mass is 10.0. The molecule has 0 saturated carbocycles. The summed E-state index contributed by atoms with van der Waals surface area (Å²) in [6.07, 6.45) is 2.56. The van der Waals surface area contributed by atoms with Gasteiger partial charge in [0.25, 0.3) is 5.88 Å². The van der Waals surface area contributed by atoms with E-state index in [0.717, 1.165) is 17.7 Å². The summed E-state index contributed by atoms with van der Waals surface area (Å²) in [4.78, 5) is 28.6. The van der Waals surface area contributed by atoms with Gasteiger partial charge in [0.05, 0.1) is 18.3 Å². The van der Waals surface area contributed by atoms with Gasteiger partial charge in [-0.25, -0.2) is 14.8 Å². The van der Waals surface area contributed by atoms with Gasteiger partial charge < -0.3 is 19.4 Å². The largest absolute Gasteiger partial charge is 0.475 e. The first-order valence-corrected chi connectivity index (χ1v) is 12.7. The highest BCUT2D eigenvalue weighted by molar-refractivity contribution is 5.75. The standard InChI is InChI=1S/C26H33F3N6O2/c1-4-35-18(3)19-14-17(2)31-21(15-19)22-16-34-12-11-30-23(34)24(33-22)37-13-7-5-6-8-20(32-25(35)36)9-10-26(27,28)29/h11-12,14-16,18,20H,4-10,13H2,1-3H3,(H,32,36)/t18-,20-/m1/s1. The van der Waals surface area contributed by atoms with E-state index in [1.165, 1.54) is 0 Å². The number of aromatic nitrogens is 4. The van der Waals surface area contributed by atoms with Crippen LogP contribution in [-0.4, -0.2) is 55.7 Å². The predicted molar refractivity (Wildman–Crippen MR) is 133 cm³/mol. The van der Waals surface area contributed by atoms with E-state index in [9.17, 15) is 18.0 Å². The zero-order valence-corrected chi connectivity index (χ0v) is 21.4. The van der Waals surface area contributed by atoms with Gasteiger partial charge in [-0.15, -0.1) is 0 Å². The fraction of sp³-hybridized carbons (Fsp3) is 0.538. The summed E-state index contributed by atoms with van der Waals surface area (Å²) in [5.41, 5.74) is 3.45. The Balaban J connectivity index is 1.70. The summed E-state index contributed by atoms with van der Waals surface area (Å²) in [5.74, 6) is 0.403. The number of aryl methyl sites for hydroxylation is 1. The fourth-order valence-corrected chi connectivity index (χ4v) is 4.69. The van der Waals surface area contributed by atoms with Crippen molar-refractivity contribution in [3.63, 3.8) is 0 Å². The predicted octanol–water partition coefficient (Wildman–Crippen LogP) is 5.86. The van der Waals surface area contributed by atoms with E-state index in [-0.39, 0.29) is 18.5 Å². The highest BCUT2D eigenvalue weighted by atomic mass is 19.4. The number of carbonyl (C=O) groups excluding carboxylic acids is 1. The maximum absolute atomic E-state index is 13.3. The normalized spacial score (nSPS) is 19.8. The number of rotatable bonds is 3. The number of ether oxygens (including phenoxy) is 1. The van der Waals surface area contributed by atoms with Gasteiger partial charge in [-0.05, 0) is 64.2 Å². The monoisotopic (exact) mass is 518 g/mol. The van der Waals surface area contributed by atoms with Gasteiger partial charge in [0.1, 0.15) is 5.69 Å². The Morgan fingerprint density at radius 1 is 1.16 bits per heavy atom. The molecule has 8 nitrogen and oxygen atoms in total. The third-order valence-corrected chi connectivity index (χ3v) is 6.67. The average Bonchev–Trinajstić information content (AvgIpc) is 3.32. The second-order valence-corrected chi connectivity index (χ2v) is 9.48. The first-order chi connectivity index (χ1) is 17.6. The van der Waals surface area contributed by atoms with Gasteiger partial charge in [-0.1, -0.05) is 6.42 Å². The molecule has 4 rings (SSSR count). The van der Waals surface area contributed by atoms with Crippen LogP contribution >= 0.6 is 0 Å². The molecule has 0 fully saturated rings. The van der Waals surface area contributed by atoms with Crippen molar-refractivity contribution in [3.05, 3.63) is 42.0 Å². The van der Waals surface area contributed by atoms with Crippen LogP contribution in [0.3, 0.4) is 0 Å². The number of nitrogens with one attached hydrogen (secondary N) is 1. The Labute approximate surface area is 214 Å². The summed E-state index contributed by atoms with van der Waals surface area (Å²) < 4.78 is 46.7.